The Labute approximate surface area is 125 Å². The van der Waals surface area contributed by atoms with Crippen molar-refractivity contribution in [2.24, 2.45) is 0 Å². The first kappa shape index (κ1) is 16.4. The fraction of sp³-hybridized carbons (Fsp3) is 0.538. The summed E-state index contributed by atoms with van der Waals surface area (Å²) >= 11 is 0. The van der Waals surface area contributed by atoms with E-state index in [-0.39, 0.29) is 17.2 Å². The number of hydrogen-bond donors (Lipinski definition) is 2. The summed E-state index contributed by atoms with van der Waals surface area (Å²) in [6, 6.07) is 5.97. The van der Waals surface area contributed by atoms with E-state index in [2.05, 4.69) is 4.72 Å². The summed E-state index contributed by atoms with van der Waals surface area (Å²) in [7, 11) is -6.96. The summed E-state index contributed by atoms with van der Waals surface area (Å²) in [5.74, 6) is 0.122. The molecule has 0 spiro atoms. The van der Waals surface area contributed by atoms with Crippen LogP contribution < -0.4 is 4.72 Å². The molecule has 2 rings (SSSR count). The zero-order chi connectivity index (χ0) is 15.7. The molecule has 118 valence electrons. The molecule has 2 N–H and O–H groups in total. The number of sulfonamides is 1. The Hall–Kier alpha value is -0.960. The standard InChI is InChI=1S/C13H19NO5S2/c1-10(15)11-4-2-5-12(8-11)21(18,19)14-9-13-6-3-7-20(13,16)17/h2,4-5,8,10,13-15H,3,6-7,9H2,1H3. The Morgan fingerprint density at radius 3 is 2.71 bits per heavy atom. The van der Waals surface area contributed by atoms with E-state index in [1.165, 1.54) is 12.1 Å². The smallest absolute Gasteiger partial charge is 0.240 e. The minimum atomic E-state index is -3.78. The van der Waals surface area contributed by atoms with E-state index < -0.39 is 31.2 Å². The summed E-state index contributed by atoms with van der Waals surface area (Å²) in [5.41, 5.74) is 0.492. The molecule has 1 fully saturated rings. The van der Waals surface area contributed by atoms with Crippen molar-refractivity contribution in [2.75, 3.05) is 12.3 Å². The maximum absolute atomic E-state index is 12.2. The van der Waals surface area contributed by atoms with E-state index in [0.29, 0.717) is 18.4 Å². The van der Waals surface area contributed by atoms with Crippen LogP contribution in [0.5, 0.6) is 0 Å². The van der Waals surface area contributed by atoms with E-state index >= 15 is 0 Å². The van der Waals surface area contributed by atoms with Gasteiger partial charge in [0.25, 0.3) is 0 Å². The Kier molecular flexibility index (Phi) is 4.72. The summed E-state index contributed by atoms with van der Waals surface area (Å²) in [6.07, 6.45) is 0.292. The number of aliphatic hydroxyl groups excluding tert-OH is 1. The second kappa shape index (κ2) is 6.04. The first-order valence-electron chi connectivity index (χ1n) is 6.71. The third-order valence-electron chi connectivity index (χ3n) is 3.61. The van der Waals surface area contributed by atoms with Crippen LogP contribution >= 0.6 is 0 Å². The van der Waals surface area contributed by atoms with Crippen molar-refractivity contribution in [3.8, 4) is 0 Å². The second-order valence-corrected chi connectivity index (χ2v) is 9.40. The average molecular weight is 333 g/mol. The minimum Gasteiger partial charge on any atom is -0.389 e. The molecule has 6 nitrogen and oxygen atoms in total. The third-order valence-corrected chi connectivity index (χ3v) is 7.31. The summed E-state index contributed by atoms with van der Waals surface area (Å²) in [5, 5.41) is 8.84. The van der Waals surface area contributed by atoms with E-state index in [9.17, 15) is 21.9 Å². The zero-order valence-corrected chi connectivity index (χ0v) is 13.3. The van der Waals surface area contributed by atoms with Crippen LogP contribution in [0.1, 0.15) is 31.4 Å². The largest absolute Gasteiger partial charge is 0.389 e. The molecule has 0 radical (unpaired) electrons. The Balaban J connectivity index is 2.14. The molecule has 1 heterocycles. The van der Waals surface area contributed by atoms with Crippen LogP contribution in [0.2, 0.25) is 0 Å². The topological polar surface area (TPSA) is 101 Å². The molecule has 1 saturated heterocycles. The molecule has 1 aliphatic rings. The summed E-state index contributed by atoms with van der Waals surface area (Å²) in [4.78, 5) is 0.0243. The monoisotopic (exact) mass is 333 g/mol. The van der Waals surface area contributed by atoms with Crippen LogP contribution in [0, 0.1) is 0 Å². The highest BCUT2D eigenvalue weighted by atomic mass is 32.2. The van der Waals surface area contributed by atoms with Gasteiger partial charge in [0.15, 0.2) is 9.84 Å². The number of hydrogen-bond acceptors (Lipinski definition) is 5. The van der Waals surface area contributed by atoms with Gasteiger partial charge in [0, 0.05) is 6.54 Å². The van der Waals surface area contributed by atoms with Gasteiger partial charge in [-0.15, -0.1) is 0 Å². The lowest BCUT2D eigenvalue weighted by Crippen LogP contribution is -2.34. The summed E-state index contributed by atoms with van der Waals surface area (Å²) < 4.78 is 50.1. The molecule has 0 saturated carbocycles. The lowest BCUT2D eigenvalue weighted by atomic mass is 10.1. The van der Waals surface area contributed by atoms with Gasteiger partial charge in [0.2, 0.25) is 10.0 Å². The molecule has 0 bridgehead atoms. The number of rotatable bonds is 5. The van der Waals surface area contributed by atoms with Gasteiger partial charge in [-0.25, -0.2) is 21.6 Å². The Bertz CT molecular complexity index is 710. The van der Waals surface area contributed by atoms with E-state index in [1.54, 1.807) is 19.1 Å². The Morgan fingerprint density at radius 1 is 1.43 bits per heavy atom. The molecular formula is C13H19NO5S2. The van der Waals surface area contributed by atoms with Crippen molar-refractivity contribution < 1.29 is 21.9 Å². The molecule has 1 aromatic rings. The van der Waals surface area contributed by atoms with Crippen molar-refractivity contribution in [3.05, 3.63) is 29.8 Å². The van der Waals surface area contributed by atoms with Crippen LogP contribution in [-0.4, -0.2) is 39.5 Å². The molecule has 2 unspecified atom stereocenters. The van der Waals surface area contributed by atoms with Gasteiger partial charge < -0.3 is 5.11 Å². The molecule has 1 aliphatic heterocycles. The van der Waals surface area contributed by atoms with Crippen LogP contribution in [0.15, 0.2) is 29.2 Å². The van der Waals surface area contributed by atoms with Gasteiger partial charge in [0.1, 0.15) is 0 Å². The third kappa shape index (κ3) is 3.82. The molecule has 21 heavy (non-hydrogen) atoms. The van der Waals surface area contributed by atoms with Gasteiger partial charge in [-0.2, -0.15) is 0 Å². The molecular weight excluding hydrogens is 314 g/mol. The number of aliphatic hydroxyl groups is 1. The van der Waals surface area contributed by atoms with Gasteiger partial charge in [-0.05, 0) is 37.5 Å². The molecule has 0 aromatic heterocycles. The Morgan fingerprint density at radius 2 is 2.14 bits per heavy atom. The van der Waals surface area contributed by atoms with Gasteiger partial charge in [-0.3, -0.25) is 0 Å². The van der Waals surface area contributed by atoms with Crippen LogP contribution in [0.25, 0.3) is 0 Å². The number of nitrogens with one attached hydrogen (secondary N) is 1. The van der Waals surface area contributed by atoms with Crippen LogP contribution in [0.3, 0.4) is 0 Å². The van der Waals surface area contributed by atoms with Crippen molar-refractivity contribution >= 4 is 19.9 Å². The van der Waals surface area contributed by atoms with Crippen molar-refractivity contribution in [1.82, 2.24) is 4.72 Å². The highest BCUT2D eigenvalue weighted by Gasteiger charge is 2.32. The number of benzene rings is 1. The zero-order valence-electron chi connectivity index (χ0n) is 11.7. The van der Waals surface area contributed by atoms with Crippen LogP contribution in [-0.2, 0) is 19.9 Å². The van der Waals surface area contributed by atoms with Crippen molar-refractivity contribution in [3.63, 3.8) is 0 Å². The van der Waals surface area contributed by atoms with Gasteiger partial charge in [-0.1, -0.05) is 12.1 Å². The molecule has 0 amide bonds. The van der Waals surface area contributed by atoms with Crippen molar-refractivity contribution in [2.45, 2.75) is 36.0 Å². The maximum atomic E-state index is 12.2. The number of sulfone groups is 1. The fourth-order valence-corrected chi connectivity index (χ4v) is 5.32. The summed E-state index contributed by atoms with van der Waals surface area (Å²) in [6.45, 7) is 1.44. The van der Waals surface area contributed by atoms with E-state index in [0.717, 1.165) is 0 Å². The maximum Gasteiger partial charge on any atom is 0.240 e. The fourth-order valence-electron chi connectivity index (χ4n) is 2.31. The molecule has 8 heteroatoms. The molecule has 2 atom stereocenters. The predicted molar refractivity (Wildman–Crippen MR) is 79.1 cm³/mol. The van der Waals surface area contributed by atoms with Crippen LogP contribution in [0.4, 0.5) is 0 Å². The average Bonchev–Trinajstić information content (AvgIpc) is 2.75. The van der Waals surface area contributed by atoms with E-state index in [4.69, 9.17) is 0 Å². The van der Waals surface area contributed by atoms with E-state index in [1.807, 2.05) is 0 Å². The first-order valence-corrected chi connectivity index (χ1v) is 9.91. The normalized spacial score (nSPS) is 23.0. The highest BCUT2D eigenvalue weighted by Crippen LogP contribution is 2.21. The first-order chi connectivity index (χ1) is 9.72. The second-order valence-electron chi connectivity index (χ2n) is 5.23. The van der Waals surface area contributed by atoms with Gasteiger partial charge >= 0.3 is 0 Å². The lowest BCUT2D eigenvalue weighted by Gasteiger charge is -2.12. The lowest BCUT2D eigenvalue weighted by molar-refractivity contribution is 0.199. The SMILES string of the molecule is CC(O)c1cccc(S(=O)(=O)NCC2CCCS2(=O)=O)c1. The predicted octanol–water partition coefficient (Wildman–Crippen LogP) is 0.595. The van der Waals surface area contributed by atoms with Gasteiger partial charge in [0.05, 0.1) is 22.0 Å². The highest BCUT2D eigenvalue weighted by molar-refractivity contribution is 7.92. The quantitative estimate of drug-likeness (QED) is 0.821. The van der Waals surface area contributed by atoms with Crippen molar-refractivity contribution in [1.29, 1.82) is 0 Å². The minimum absolute atomic E-state index is 0.0243. The molecule has 1 aromatic carbocycles. The molecule has 0 aliphatic carbocycles.